The molecule has 0 aliphatic heterocycles. The number of hydrogen-bond donors (Lipinski definition) is 2. The molecule has 1 aliphatic rings. The number of rotatable bonds is 5. The maximum Gasteiger partial charge on any atom is 0.323 e. The largest absolute Gasteiger partial charge is 0.480 e. The van der Waals surface area contributed by atoms with Crippen LogP contribution in [0.2, 0.25) is 0 Å². The molecule has 1 aromatic carbocycles. The number of anilines is 1. The predicted octanol–water partition coefficient (Wildman–Crippen LogP) is 2.27. The van der Waals surface area contributed by atoms with Gasteiger partial charge in [0.25, 0.3) is 0 Å². The highest BCUT2D eigenvalue weighted by atomic mass is 16.4. The summed E-state index contributed by atoms with van der Waals surface area (Å²) in [5, 5.41) is 19.6. The Hall–Kier alpha value is -1.55. The number of aliphatic hydroxyl groups is 1. The van der Waals surface area contributed by atoms with Gasteiger partial charge in [-0.3, -0.25) is 4.79 Å². The average molecular weight is 263 g/mol. The number of carboxylic acid groups (broad SMARTS) is 1. The molecule has 0 radical (unpaired) electrons. The summed E-state index contributed by atoms with van der Waals surface area (Å²) in [7, 11) is 0. The standard InChI is InChI=1S/C15H21NO3/c17-14(18)11-16(13-7-3-1-4-8-13)12-15(19)9-5-2-6-10-15/h1,3-4,7-8,19H,2,5-6,9-12H2,(H,17,18). The predicted molar refractivity (Wildman–Crippen MR) is 74.3 cm³/mol. The summed E-state index contributed by atoms with van der Waals surface area (Å²) in [6, 6.07) is 9.44. The molecule has 1 saturated carbocycles. The molecule has 0 aromatic heterocycles. The van der Waals surface area contributed by atoms with Crippen molar-refractivity contribution in [2.75, 3.05) is 18.0 Å². The van der Waals surface area contributed by atoms with Gasteiger partial charge in [0.2, 0.25) is 0 Å². The van der Waals surface area contributed by atoms with Crippen molar-refractivity contribution in [3.8, 4) is 0 Å². The van der Waals surface area contributed by atoms with Crippen molar-refractivity contribution in [1.29, 1.82) is 0 Å². The van der Waals surface area contributed by atoms with Gasteiger partial charge in [-0.25, -0.2) is 0 Å². The lowest BCUT2D eigenvalue weighted by atomic mass is 9.84. The van der Waals surface area contributed by atoms with Crippen molar-refractivity contribution in [3.05, 3.63) is 30.3 Å². The molecule has 0 bridgehead atoms. The second kappa shape index (κ2) is 6.06. The van der Waals surface area contributed by atoms with Gasteiger partial charge in [0.15, 0.2) is 0 Å². The average Bonchev–Trinajstić information content (AvgIpc) is 2.39. The first-order valence-corrected chi connectivity index (χ1v) is 6.83. The van der Waals surface area contributed by atoms with Crippen LogP contribution in [0.3, 0.4) is 0 Å². The van der Waals surface area contributed by atoms with E-state index in [-0.39, 0.29) is 6.54 Å². The van der Waals surface area contributed by atoms with Gasteiger partial charge >= 0.3 is 5.97 Å². The van der Waals surface area contributed by atoms with Crippen LogP contribution in [0, 0.1) is 0 Å². The van der Waals surface area contributed by atoms with Crippen molar-refractivity contribution >= 4 is 11.7 Å². The molecular weight excluding hydrogens is 242 g/mol. The lowest BCUT2D eigenvalue weighted by Gasteiger charge is -2.37. The molecule has 1 aromatic rings. The number of para-hydroxylation sites is 1. The smallest absolute Gasteiger partial charge is 0.323 e. The SMILES string of the molecule is O=C(O)CN(CC1(O)CCCCC1)c1ccccc1. The maximum atomic E-state index is 11.0. The monoisotopic (exact) mass is 263 g/mol. The molecule has 0 amide bonds. The van der Waals surface area contributed by atoms with Crippen molar-refractivity contribution in [3.63, 3.8) is 0 Å². The van der Waals surface area contributed by atoms with E-state index in [1.165, 1.54) is 0 Å². The van der Waals surface area contributed by atoms with E-state index < -0.39 is 11.6 Å². The Labute approximate surface area is 113 Å². The summed E-state index contributed by atoms with van der Waals surface area (Å²) >= 11 is 0. The van der Waals surface area contributed by atoms with Crippen molar-refractivity contribution in [1.82, 2.24) is 0 Å². The summed E-state index contributed by atoms with van der Waals surface area (Å²) in [6.07, 6.45) is 4.72. The summed E-state index contributed by atoms with van der Waals surface area (Å²) in [6.45, 7) is 0.315. The summed E-state index contributed by atoms with van der Waals surface area (Å²) in [4.78, 5) is 12.8. The first kappa shape index (κ1) is 13.9. The normalized spacial score (nSPS) is 17.9. The zero-order valence-corrected chi connectivity index (χ0v) is 11.1. The fourth-order valence-corrected chi connectivity index (χ4v) is 2.76. The Bertz CT molecular complexity index is 413. The fraction of sp³-hybridized carbons (Fsp3) is 0.533. The van der Waals surface area contributed by atoms with Gasteiger partial charge in [0.1, 0.15) is 6.54 Å². The van der Waals surface area contributed by atoms with Gasteiger partial charge in [-0.05, 0) is 25.0 Å². The highest BCUT2D eigenvalue weighted by Gasteiger charge is 2.32. The van der Waals surface area contributed by atoms with E-state index in [1.807, 2.05) is 30.3 Å². The van der Waals surface area contributed by atoms with E-state index in [2.05, 4.69) is 0 Å². The van der Waals surface area contributed by atoms with Crippen LogP contribution in [-0.4, -0.2) is 34.9 Å². The van der Waals surface area contributed by atoms with E-state index in [0.29, 0.717) is 6.54 Å². The third-order valence-electron chi connectivity index (χ3n) is 3.72. The lowest BCUT2D eigenvalue weighted by molar-refractivity contribution is -0.135. The van der Waals surface area contributed by atoms with Crippen LogP contribution in [-0.2, 0) is 4.79 Å². The highest BCUT2D eigenvalue weighted by Crippen LogP contribution is 2.30. The summed E-state index contributed by atoms with van der Waals surface area (Å²) in [5.74, 6) is -0.872. The van der Waals surface area contributed by atoms with Crippen LogP contribution in [0.15, 0.2) is 30.3 Å². The van der Waals surface area contributed by atoms with Crippen molar-refractivity contribution in [2.45, 2.75) is 37.7 Å². The Morgan fingerprint density at radius 1 is 1.16 bits per heavy atom. The molecule has 0 saturated heterocycles. The maximum absolute atomic E-state index is 11.0. The molecule has 19 heavy (non-hydrogen) atoms. The second-order valence-electron chi connectivity index (χ2n) is 5.37. The first-order valence-electron chi connectivity index (χ1n) is 6.83. The van der Waals surface area contributed by atoms with Gasteiger partial charge in [0.05, 0.1) is 5.60 Å². The Morgan fingerprint density at radius 3 is 2.37 bits per heavy atom. The zero-order chi connectivity index (χ0) is 13.7. The van der Waals surface area contributed by atoms with E-state index in [4.69, 9.17) is 5.11 Å². The Morgan fingerprint density at radius 2 is 1.79 bits per heavy atom. The topological polar surface area (TPSA) is 60.8 Å². The van der Waals surface area contributed by atoms with Crippen molar-refractivity contribution in [2.24, 2.45) is 0 Å². The molecule has 0 spiro atoms. The number of hydrogen-bond acceptors (Lipinski definition) is 3. The highest BCUT2D eigenvalue weighted by molar-refractivity contribution is 5.73. The number of nitrogens with zero attached hydrogens (tertiary/aromatic N) is 1. The fourth-order valence-electron chi connectivity index (χ4n) is 2.76. The molecule has 104 valence electrons. The zero-order valence-electron chi connectivity index (χ0n) is 11.1. The van der Waals surface area contributed by atoms with Gasteiger partial charge < -0.3 is 15.1 Å². The minimum absolute atomic E-state index is 0.0771. The minimum Gasteiger partial charge on any atom is -0.480 e. The molecule has 1 aliphatic carbocycles. The first-order chi connectivity index (χ1) is 9.09. The molecule has 2 N–H and O–H groups in total. The lowest BCUT2D eigenvalue weighted by Crippen LogP contribution is -2.46. The third-order valence-corrected chi connectivity index (χ3v) is 3.72. The minimum atomic E-state index is -0.872. The molecule has 4 nitrogen and oxygen atoms in total. The van der Waals surface area contributed by atoms with E-state index >= 15 is 0 Å². The van der Waals surface area contributed by atoms with E-state index in [1.54, 1.807) is 4.90 Å². The van der Waals surface area contributed by atoms with Gasteiger partial charge in [0, 0.05) is 12.2 Å². The second-order valence-corrected chi connectivity index (χ2v) is 5.37. The van der Waals surface area contributed by atoms with Crippen LogP contribution >= 0.6 is 0 Å². The molecule has 0 atom stereocenters. The van der Waals surface area contributed by atoms with Crippen molar-refractivity contribution < 1.29 is 15.0 Å². The van der Waals surface area contributed by atoms with E-state index in [0.717, 1.165) is 37.8 Å². The Balaban J connectivity index is 2.11. The van der Waals surface area contributed by atoms with Gasteiger partial charge in [-0.2, -0.15) is 0 Å². The van der Waals surface area contributed by atoms with Crippen LogP contribution in [0.25, 0.3) is 0 Å². The third kappa shape index (κ3) is 3.96. The van der Waals surface area contributed by atoms with Gasteiger partial charge in [-0.1, -0.05) is 37.5 Å². The Kier molecular flexibility index (Phi) is 4.43. The van der Waals surface area contributed by atoms with Crippen LogP contribution < -0.4 is 4.90 Å². The number of benzene rings is 1. The summed E-state index contributed by atoms with van der Waals surface area (Å²) < 4.78 is 0. The number of carbonyl (C=O) groups is 1. The molecule has 1 fully saturated rings. The summed E-state index contributed by atoms with van der Waals surface area (Å²) in [5.41, 5.74) is 0.104. The molecule has 2 rings (SSSR count). The van der Waals surface area contributed by atoms with Crippen LogP contribution in [0.4, 0.5) is 5.69 Å². The quantitative estimate of drug-likeness (QED) is 0.855. The number of aliphatic carboxylic acids is 1. The van der Waals surface area contributed by atoms with E-state index in [9.17, 15) is 9.90 Å². The molecule has 4 heteroatoms. The van der Waals surface area contributed by atoms with Gasteiger partial charge in [-0.15, -0.1) is 0 Å². The molecule has 0 unspecified atom stereocenters. The van der Waals surface area contributed by atoms with Crippen LogP contribution in [0.1, 0.15) is 32.1 Å². The molecule has 0 heterocycles. The molecular formula is C15H21NO3. The van der Waals surface area contributed by atoms with Crippen LogP contribution in [0.5, 0.6) is 0 Å². The number of carboxylic acids is 1.